The van der Waals surface area contributed by atoms with Gasteiger partial charge in [0, 0.05) is 0 Å². The van der Waals surface area contributed by atoms with Crippen LogP contribution in [0, 0.1) is 11.6 Å². The van der Waals surface area contributed by atoms with Gasteiger partial charge in [-0.05, 0) is 64.2 Å². The van der Waals surface area contributed by atoms with Crippen LogP contribution >= 0.6 is 15.9 Å². The highest BCUT2D eigenvalue weighted by Crippen LogP contribution is 2.58. The number of halogens is 3. The molecule has 0 atom stereocenters. The Morgan fingerprint density at radius 2 is 1.82 bits per heavy atom. The normalized spacial score (nSPS) is 18.0. The van der Waals surface area contributed by atoms with Crippen molar-refractivity contribution in [1.29, 1.82) is 0 Å². The molecule has 1 aliphatic carbocycles. The van der Waals surface area contributed by atoms with Crippen LogP contribution in [0.3, 0.4) is 0 Å². The zero-order valence-corrected chi connectivity index (χ0v) is 13.2. The lowest BCUT2D eigenvalue weighted by molar-refractivity contribution is -0.120. The minimum absolute atomic E-state index is 0.0179. The van der Waals surface area contributed by atoms with E-state index in [1.165, 1.54) is 18.2 Å². The van der Waals surface area contributed by atoms with Gasteiger partial charge in [-0.1, -0.05) is 12.1 Å². The molecule has 0 N–H and O–H groups in total. The Labute approximate surface area is 134 Å². The Bertz CT molecular complexity index is 784. The van der Waals surface area contributed by atoms with E-state index in [1.807, 2.05) is 0 Å². The predicted octanol–water partition coefficient (Wildman–Crippen LogP) is 4.31. The summed E-state index contributed by atoms with van der Waals surface area (Å²) in [5.74, 6) is -0.678. The van der Waals surface area contributed by atoms with E-state index in [-0.39, 0.29) is 17.5 Å². The highest BCUT2D eigenvalue weighted by molar-refractivity contribution is 9.10. The lowest BCUT2D eigenvalue weighted by atomic mass is 9.98. The average molecular weight is 364 g/mol. The molecule has 1 amide bonds. The Morgan fingerprint density at radius 3 is 2.45 bits per heavy atom. The zero-order valence-electron chi connectivity index (χ0n) is 11.6. The summed E-state index contributed by atoms with van der Waals surface area (Å²) in [5, 5.41) is 0. The number of rotatable bonds is 2. The van der Waals surface area contributed by atoms with Crippen molar-refractivity contribution >= 4 is 27.5 Å². The van der Waals surface area contributed by atoms with E-state index in [4.69, 9.17) is 0 Å². The molecule has 2 aromatic carbocycles. The molecule has 0 saturated heterocycles. The molecule has 5 heteroatoms. The van der Waals surface area contributed by atoms with E-state index in [2.05, 4.69) is 15.9 Å². The highest BCUT2D eigenvalue weighted by Gasteiger charge is 2.59. The van der Waals surface area contributed by atoms with Gasteiger partial charge in [0.25, 0.3) is 0 Å². The molecule has 22 heavy (non-hydrogen) atoms. The smallest absolute Gasteiger partial charge is 0.238 e. The number of fused-ring (bicyclic) bond motifs is 2. The number of carbonyl (C=O) groups is 1. The summed E-state index contributed by atoms with van der Waals surface area (Å²) in [7, 11) is 0. The summed E-state index contributed by atoms with van der Waals surface area (Å²) >= 11 is 3.20. The number of anilines is 1. The van der Waals surface area contributed by atoms with Crippen LogP contribution in [0.5, 0.6) is 0 Å². The van der Waals surface area contributed by atoms with Gasteiger partial charge in [0.05, 0.1) is 22.1 Å². The van der Waals surface area contributed by atoms with Crippen molar-refractivity contribution in [3.05, 3.63) is 63.6 Å². The number of benzene rings is 2. The third-order valence-electron chi connectivity index (χ3n) is 4.50. The molecule has 1 heterocycles. The molecule has 1 fully saturated rings. The van der Waals surface area contributed by atoms with Crippen LogP contribution < -0.4 is 4.90 Å². The standard InChI is InChI=1S/C17H12BrF2NO/c18-13-7-12-15(8-14(13)20)21(16(22)17(12)5-6-17)9-10-1-3-11(19)4-2-10/h1-4,7-8H,5-6,9H2. The van der Waals surface area contributed by atoms with Gasteiger partial charge in [-0.25, -0.2) is 8.78 Å². The van der Waals surface area contributed by atoms with E-state index in [0.29, 0.717) is 16.7 Å². The van der Waals surface area contributed by atoms with Crippen LogP contribution in [0.25, 0.3) is 0 Å². The Kier molecular flexibility index (Phi) is 2.92. The Morgan fingerprint density at radius 1 is 1.14 bits per heavy atom. The second kappa shape index (κ2) is 4.62. The lowest BCUT2D eigenvalue weighted by Crippen LogP contribution is -2.31. The van der Waals surface area contributed by atoms with Crippen molar-refractivity contribution < 1.29 is 13.6 Å². The maximum Gasteiger partial charge on any atom is 0.238 e. The number of hydrogen-bond donors (Lipinski definition) is 0. The van der Waals surface area contributed by atoms with Gasteiger partial charge in [0.15, 0.2) is 0 Å². The Balaban J connectivity index is 1.77. The monoisotopic (exact) mass is 363 g/mol. The fourth-order valence-electron chi connectivity index (χ4n) is 3.16. The summed E-state index contributed by atoms with van der Waals surface area (Å²) in [6.07, 6.45) is 1.60. The number of hydrogen-bond acceptors (Lipinski definition) is 1. The second-order valence-electron chi connectivity index (χ2n) is 5.88. The van der Waals surface area contributed by atoms with Gasteiger partial charge in [-0.3, -0.25) is 4.79 Å². The first-order chi connectivity index (χ1) is 10.5. The molecular formula is C17H12BrF2NO. The van der Waals surface area contributed by atoms with Gasteiger partial charge < -0.3 is 4.90 Å². The highest BCUT2D eigenvalue weighted by atomic mass is 79.9. The van der Waals surface area contributed by atoms with E-state index in [9.17, 15) is 13.6 Å². The van der Waals surface area contributed by atoms with Crippen LogP contribution in [0.15, 0.2) is 40.9 Å². The lowest BCUT2D eigenvalue weighted by Gasteiger charge is -2.18. The molecule has 1 spiro atoms. The topological polar surface area (TPSA) is 20.3 Å². The third-order valence-corrected chi connectivity index (χ3v) is 5.11. The number of carbonyl (C=O) groups excluding carboxylic acids is 1. The minimum Gasteiger partial charge on any atom is -0.307 e. The zero-order chi connectivity index (χ0) is 15.5. The summed E-state index contributed by atoms with van der Waals surface area (Å²) in [4.78, 5) is 14.4. The van der Waals surface area contributed by atoms with Gasteiger partial charge in [-0.2, -0.15) is 0 Å². The molecule has 4 rings (SSSR count). The molecule has 0 aromatic heterocycles. The van der Waals surface area contributed by atoms with Gasteiger partial charge in [-0.15, -0.1) is 0 Å². The summed E-state index contributed by atoms with van der Waals surface area (Å²) < 4.78 is 27.3. The van der Waals surface area contributed by atoms with Crippen LogP contribution in [-0.2, 0) is 16.8 Å². The van der Waals surface area contributed by atoms with E-state index >= 15 is 0 Å². The molecule has 2 nitrogen and oxygen atoms in total. The van der Waals surface area contributed by atoms with Crippen molar-refractivity contribution in [1.82, 2.24) is 0 Å². The Hall–Kier alpha value is -1.75. The molecule has 2 aromatic rings. The van der Waals surface area contributed by atoms with Crippen LogP contribution in [0.2, 0.25) is 0 Å². The predicted molar refractivity (Wildman–Crippen MR) is 82.6 cm³/mol. The molecular weight excluding hydrogens is 352 g/mol. The first-order valence-electron chi connectivity index (χ1n) is 7.07. The molecule has 0 radical (unpaired) electrons. The average Bonchev–Trinajstić information content (AvgIpc) is 3.27. The van der Waals surface area contributed by atoms with Crippen LogP contribution in [0.1, 0.15) is 24.0 Å². The van der Waals surface area contributed by atoms with Crippen molar-refractivity contribution in [2.75, 3.05) is 4.90 Å². The summed E-state index contributed by atoms with van der Waals surface area (Å²) in [6.45, 7) is 0.328. The third kappa shape index (κ3) is 1.92. The quantitative estimate of drug-likeness (QED) is 0.778. The van der Waals surface area contributed by atoms with Crippen molar-refractivity contribution in [2.45, 2.75) is 24.8 Å². The maximum absolute atomic E-state index is 13.9. The van der Waals surface area contributed by atoms with Crippen molar-refractivity contribution in [3.8, 4) is 0 Å². The molecule has 112 valence electrons. The van der Waals surface area contributed by atoms with E-state index in [1.54, 1.807) is 23.1 Å². The minimum atomic E-state index is -0.467. The summed E-state index contributed by atoms with van der Waals surface area (Å²) in [6, 6.07) is 9.16. The van der Waals surface area contributed by atoms with Crippen molar-refractivity contribution in [2.24, 2.45) is 0 Å². The maximum atomic E-state index is 13.9. The first-order valence-corrected chi connectivity index (χ1v) is 7.86. The molecule has 1 saturated carbocycles. The molecule has 0 unspecified atom stereocenters. The van der Waals surface area contributed by atoms with Crippen molar-refractivity contribution in [3.63, 3.8) is 0 Å². The van der Waals surface area contributed by atoms with E-state index < -0.39 is 5.41 Å². The fourth-order valence-corrected chi connectivity index (χ4v) is 3.51. The largest absolute Gasteiger partial charge is 0.307 e. The van der Waals surface area contributed by atoms with Crippen LogP contribution in [-0.4, -0.2) is 5.91 Å². The second-order valence-corrected chi connectivity index (χ2v) is 6.74. The molecule has 0 bridgehead atoms. The van der Waals surface area contributed by atoms with Gasteiger partial charge >= 0.3 is 0 Å². The summed E-state index contributed by atoms with van der Waals surface area (Å²) in [5.41, 5.74) is 1.88. The molecule has 2 aliphatic rings. The number of nitrogens with zero attached hydrogens (tertiary/aromatic N) is 1. The molecule has 1 aliphatic heterocycles. The van der Waals surface area contributed by atoms with Crippen LogP contribution in [0.4, 0.5) is 14.5 Å². The van der Waals surface area contributed by atoms with Gasteiger partial charge in [0.1, 0.15) is 11.6 Å². The SMILES string of the molecule is O=C1N(Cc2ccc(F)cc2)c2cc(F)c(Br)cc2C12CC2. The first kappa shape index (κ1) is 13.9. The van der Waals surface area contributed by atoms with Gasteiger partial charge in [0.2, 0.25) is 5.91 Å². The van der Waals surface area contributed by atoms with E-state index in [0.717, 1.165) is 24.0 Å². The number of amides is 1. The fraction of sp³-hybridized carbons (Fsp3) is 0.235.